The van der Waals surface area contributed by atoms with E-state index >= 15 is 0 Å². The molecule has 0 aliphatic carbocycles. The van der Waals surface area contributed by atoms with Crippen molar-refractivity contribution in [3.8, 4) is 0 Å². The summed E-state index contributed by atoms with van der Waals surface area (Å²) in [7, 11) is 0. The number of nitrogens with one attached hydrogen (secondary N) is 3. The molecule has 6 nitrogen and oxygen atoms in total. The number of fused-ring (bicyclic) bond motifs is 1. The third-order valence-electron chi connectivity index (χ3n) is 3.15. The van der Waals surface area contributed by atoms with Crippen LogP contribution in [0.2, 0.25) is 0 Å². The predicted octanol–water partition coefficient (Wildman–Crippen LogP) is 0.785. The van der Waals surface area contributed by atoms with Crippen molar-refractivity contribution in [3.05, 3.63) is 36.0 Å². The van der Waals surface area contributed by atoms with Crippen LogP contribution >= 0.6 is 0 Å². The summed E-state index contributed by atoms with van der Waals surface area (Å²) in [6.07, 6.45) is 0.488. The van der Waals surface area contributed by atoms with Crippen LogP contribution in [0.1, 0.15) is 23.8 Å². The lowest BCUT2D eigenvalue weighted by Gasteiger charge is -2.12. The molecule has 4 N–H and O–H groups in total. The van der Waals surface area contributed by atoms with Gasteiger partial charge in [0.15, 0.2) is 0 Å². The molecule has 112 valence electrons. The van der Waals surface area contributed by atoms with Crippen LogP contribution in [-0.2, 0) is 4.79 Å². The van der Waals surface area contributed by atoms with Gasteiger partial charge in [-0.05, 0) is 25.5 Å². The second kappa shape index (κ2) is 6.90. The zero-order valence-corrected chi connectivity index (χ0v) is 11.8. The Labute approximate surface area is 122 Å². The molecule has 1 aromatic carbocycles. The van der Waals surface area contributed by atoms with Gasteiger partial charge in [0, 0.05) is 23.6 Å². The minimum atomic E-state index is -0.323. The Morgan fingerprint density at radius 1 is 1.33 bits per heavy atom. The maximum atomic E-state index is 12.0. The molecule has 0 saturated heterocycles. The van der Waals surface area contributed by atoms with E-state index in [0.29, 0.717) is 12.1 Å². The van der Waals surface area contributed by atoms with E-state index in [1.165, 1.54) is 0 Å². The lowest BCUT2D eigenvalue weighted by atomic mass is 10.2. The van der Waals surface area contributed by atoms with Gasteiger partial charge in [0.25, 0.3) is 5.91 Å². The summed E-state index contributed by atoms with van der Waals surface area (Å²) >= 11 is 0. The average molecular weight is 289 g/mol. The monoisotopic (exact) mass is 289 g/mol. The van der Waals surface area contributed by atoms with Crippen molar-refractivity contribution in [2.75, 3.05) is 13.2 Å². The second-order valence-electron chi connectivity index (χ2n) is 4.93. The first-order valence-corrected chi connectivity index (χ1v) is 6.86. The molecule has 0 spiro atoms. The number of hydrogen-bond donors (Lipinski definition) is 4. The summed E-state index contributed by atoms with van der Waals surface area (Å²) in [5.74, 6) is -0.600. The van der Waals surface area contributed by atoms with Gasteiger partial charge in [0.2, 0.25) is 5.91 Å². The summed E-state index contributed by atoms with van der Waals surface area (Å²) in [6.45, 7) is 1.72. The van der Waals surface area contributed by atoms with Crippen LogP contribution < -0.4 is 10.6 Å². The number of aliphatic hydroxyl groups excluding tert-OH is 1. The van der Waals surface area contributed by atoms with E-state index in [-0.39, 0.29) is 31.0 Å². The molecule has 0 saturated carbocycles. The number of para-hydroxylation sites is 1. The molecular weight excluding hydrogens is 270 g/mol. The van der Waals surface area contributed by atoms with Gasteiger partial charge in [-0.25, -0.2) is 0 Å². The first-order valence-electron chi connectivity index (χ1n) is 6.86. The van der Waals surface area contributed by atoms with Gasteiger partial charge in [-0.15, -0.1) is 0 Å². The van der Waals surface area contributed by atoms with E-state index in [1.54, 1.807) is 13.0 Å². The molecular formula is C15H19N3O3. The SMILES string of the molecule is CC(CCO)NC(=O)CNC(=O)c1cc2ccccc2[nH]1. The highest BCUT2D eigenvalue weighted by Crippen LogP contribution is 2.14. The number of hydrogen-bond acceptors (Lipinski definition) is 3. The zero-order chi connectivity index (χ0) is 15.2. The number of amides is 2. The van der Waals surface area contributed by atoms with Crippen molar-refractivity contribution in [1.82, 2.24) is 15.6 Å². The number of benzene rings is 1. The Hall–Kier alpha value is -2.34. The Bertz CT molecular complexity index is 603. The van der Waals surface area contributed by atoms with Crippen molar-refractivity contribution in [1.29, 1.82) is 0 Å². The molecule has 0 radical (unpaired) electrons. The molecule has 0 bridgehead atoms. The molecule has 1 unspecified atom stereocenters. The van der Waals surface area contributed by atoms with Crippen LogP contribution in [0.3, 0.4) is 0 Å². The molecule has 0 aliphatic heterocycles. The Morgan fingerprint density at radius 3 is 2.81 bits per heavy atom. The largest absolute Gasteiger partial charge is 0.396 e. The highest BCUT2D eigenvalue weighted by molar-refractivity contribution is 5.99. The second-order valence-corrected chi connectivity index (χ2v) is 4.93. The van der Waals surface area contributed by atoms with E-state index in [9.17, 15) is 9.59 Å². The highest BCUT2D eigenvalue weighted by Gasteiger charge is 2.12. The number of rotatable bonds is 6. The topological polar surface area (TPSA) is 94.2 Å². The van der Waals surface area contributed by atoms with Crippen LogP contribution in [-0.4, -0.2) is 41.1 Å². The first kappa shape index (κ1) is 15.1. The molecule has 0 aliphatic rings. The Balaban J connectivity index is 1.88. The Morgan fingerprint density at radius 2 is 2.10 bits per heavy atom. The van der Waals surface area contributed by atoms with E-state index in [2.05, 4.69) is 15.6 Å². The van der Waals surface area contributed by atoms with Gasteiger partial charge in [-0.3, -0.25) is 9.59 Å². The normalized spacial score (nSPS) is 12.1. The highest BCUT2D eigenvalue weighted by atomic mass is 16.3. The van der Waals surface area contributed by atoms with Gasteiger partial charge < -0.3 is 20.7 Å². The van der Waals surface area contributed by atoms with Crippen LogP contribution in [0.4, 0.5) is 0 Å². The van der Waals surface area contributed by atoms with E-state index < -0.39 is 0 Å². The molecule has 2 aromatic rings. The standard InChI is InChI=1S/C15H19N3O3/c1-10(6-7-19)17-14(20)9-16-15(21)13-8-11-4-2-3-5-12(11)18-13/h2-5,8,10,18-19H,6-7,9H2,1H3,(H,16,21)(H,17,20). The fraction of sp³-hybridized carbons (Fsp3) is 0.333. The summed E-state index contributed by atoms with van der Waals surface area (Å²) < 4.78 is 0. The van der Waals surface area contributed by atoms with E-state index in [4.69, 9.17) is 5.11 Å². The molecule has 2 amide bonds. The third-order valence-corrected chi connectivity index (χ3v) is 3.15. The lowest BCUT2D eigenvalue weighted by molar-refractivity contribution is -0.120. The molecule has 0 fully saturated rings. The van der Waals surface area contributed by atoms with Gasteiger partial charge >= 0.3 is 0 Å². The summed E-state index contributed by atoms with van der Waals surface area (Å²) in [5.41, 5.74) is 1.30. The number of H-pyrrole nitrogens is 1. The van der Waals surface area contributed by atoms with Gasteiger partial charge in [-0.2, -0.15) is 0 Å². The van der Waals surface area contributed by atoms with Gasteiger partial charge in [-0.1, -0.05) is 18.2 Å². The van der Waals surface area contributed by atoms with E-state index in [1.807, 2.05) is 24.3 Å². The molecule has 6 heteroatoms. The number of carbonyl (C=O) groups excluding carboxylic acids is 2. The summed E-state index contributed by atoms with van der Waals surface area (Å²) in [5, 5.41) is 15.0. The van der Waals surface area contributed by atoms with Crippen molar-refractivity contribution in [2.45, 2.75) is 19.4 Å². The maximum Gasteiger partial charge on any atom is 0.268 e. The Kier molecular flexibility index (Phi) is 4.94. The molecule has 1 atom stereocenters. The number of carbonyl (C=O) groups is 2. The molecule has 2 rings (SSSR count). The fourth-order valence-corrected chi connectivity index (χ4v) is 2.04. The van der Waals surface area contributed by atoms with E-state index in [0.717, 1.165) is 10.9 Å². The number of aliphatic hydroxyl groups is 1. The fourth-order valence-electron chi connectivity index (χ4n) is 2.04. The smallest absolute Gasteiger partial charge is 0.268 e. The number of aromatic nitrogens is 1. The maximum absolute atomic E-state index is 12.0. The minimum absolute atomic E-state index is 0.0167. The summed E-state index contributed by atoms with van der Waals surface area (Å²) in [6, 6.07) is 9.20. The van der Waals surface area contributed by atoms with Crippen LogP contribution in [0.15, 0.2) is 30.3 Å². The quantitative estimate of drug-likeness (QED) is 0.633. The predicted molar refractivity (Wildman–Crippen MR) is 79.9 cm³/mol. The molecule has 1 aromatic heterocycles. The van der Waals surface area contributed by atoms with Crippen LogP contribution in [0, 0.1) is 0 Å². The van der Waals surface area contributed by atoms with Gasteiger partial charge in [0.05, 0.1) is 6.54 Å². The molecule has 21 heavy (non-hydrogen) atoms. The van der Waals surface area contributed by atoms with Crippen molar-refractivity contribution >= 4 is 22.7 Å². The third kappa shape index (κ3) is 4.06. The lowest BCUT2D eigenvalue weighted by Crippen LogP contribution is -2.41. The van der Waals surface area contributed by atoms with Crippen LogP contribution in [0.25, 0.3) is 10.9 Å². The number of aromatic amines is 1. The minimum Gasteiger partial charge on any atom is -0.396 e. The van der Waals surface area contributed by atoms with Gasteiger partial charge in [0.1, 0.15) is 5.69 Å². The van der Waals surface area contributed by atoms with Crippen molar-refractivity contribution in [3.63, 3.8) is 0 Å². The molecule has 1 heterocycles. The van der Waals surface area contributed by atoms with Crippen molar-refractivity contribution in [2.24, 2.45) is 0 Å². The zero-order valence-electron chi connectivity index (χ0n) is 11.8. The summed E-state index contributed by atoms with van der Waals surface area (Å²) in [4.78, 5) is 26.6. The average Bonchev–Trinajstić information content (AvgIpc) is 2.89. The first-order chi connectivity index (χ1) is 10.1. The van der Waals surface area contributed by atoms with Crippen molar-refractivity contribution < 1.29 is 14.7 Å². The van der Waals surface area contributed by atoms with Crippen LogP contribution in [0.5, 0.6) is 0 Å².